The van der Waals surface area contributed by atoms with Crippen molar-refractivity contribution in [2.45, 2.75) is 51.1 Å². The van der Waals surface area contributed by atoms with E-state index in [1.807, 2.05) is 25.1 Å². The minimum Gasteiger partial charge on any atom is -0.384 e. The van der Waals surface area contributed by atoms with Gasteiger partial charge in [0, 0.05) is 18.8 Å². The van der Waals surface area contributed by atoms with Gasteiger partial charge in [-0.05, 0) is 37.8 Å². The molecule has 1 aliphatic rings. The second-order valence-corrected chi connectivity index (χ2v) is 5.76. The fourth-order valence-corrected chi connectivity index (χ4v) is 2.79. The summed E-state index contributed by atoms with van der Waals surface area (Å²) in [4.78, 5) is 12.2. The highest BCUT2D eigenvalue weighted by Crippen LogP contribution is 2.19. The monoisotopic (exact) mass is 290 g/mol. The molecule has 1 aromatic carbocycles. The van der Waals surface area contributed by atoms with Crippen molar-refractivity contribution in [3.63, 3.8) is 0 Å². The summed E-state index contributed by atoms with van der Waals surface area (Å²) in [5.41, 5.74) is 2.20. The van der Waals surface area contributed by atoms with E-state index >= 15 is 0 Å². The predicted octanol–water partition coefficient (Wildman–Crippen LogP) is 2.73. The molecule has 0 aromatic heterocycles. The molecule has 0 aliphatic heterocycles. The van der Waals surface area contributed by atoms with E-state index in [1.54, 1.807) is 7.11 Å². The first-order chi connectivity index (χ1) is 10.2. The average molecular weight is 290 g/mol. The molecule has 0 radical (unpaired) electrons. The average Bonchev–Trinajstić information content (AvgIpc) is 2.99. The van der Waals surface area contributed by atoms with E-state index in [4.69, 9.17) is 4.74 Å². The number of amides is 1. The third-order valence-electron chi connectivity index (χ3n) is 4.06. The van der Waals surface area contributed by atoms with Crippen molar-refractivity contribution in [3.8, 4) is 0 Å². The van der Waals surface area contributed by atoms with Crippen molar-refractivity contribution in [2.24, 2.45) is 0 Å². The lowest BCUT2D eigenvalue weighted by Gasteiger charge is -2.20. The minimum atomic E-state index is -0.228. The third kappa shape index (κ3) is 4.74. The summed E-state index contributed by atoms with van der Waals surface area (Å²) in [7, 11) is 1.70. The number of hydrogen-bond acceptors (Lipinski definition) is 3. The third-order valence-corrected chi connectivity index (χ3v) is 4.06. The Labute approximate surface area is 127 Å². The molecular weight excluding hydrogens is 264 g/mol. The van der Waals surface area contributed by atoms with Crippen LogP contribution in [0.5, 0.6) is 0 Å². The Bertz CT molecular complexity index is 456. The molecule has 0 bridgehead atoms. The van der Waals surface area contributed by atoms with E-state index in [1.165, 1.54) is 18.4 Å². The van der Waals surface area contributed by atoms with Gasteiger partial charge in [-0.1, -0.05) is 31.0 Å². The summed E-state index contributed by atoms with van der Waals surface area (Å²) in [6, 6.07) is 8.23. The minimum absolute atomic E-state index is 0.0865. The van der Waals surface area contributed by atoms with Crippen LogP contribution in [0.3, 0.4) is 0 Å². The molecule has 1 amide bonds. The topological polar surface area (TPSA) is 50.4 Å². The fraction of sp³-hybridized carbons (Fsp3) is 0.588. The summed E-state index contributed by atoms with van der Waals surface area (Å²) < 4.78 is 5.13. The Hall–Kier alpha value is -1.55. The first-order valence-electron chi connectivity index (χ1n) is 7.84. The number of carbonyl (C=O) groups excluding carboxylic acids is 1. The Balaban J connectivity index is 1.91. The molecule has 4 heteroatoms. The molecule has 1 aliphatic carbocycles. The highest BCUT2D eigenvalue weighted by atomic mass is 16.5. The molecule has 4 nitrogen and oxygen atoms in total. The zero-order valence-electron chi connectivity index (χ0n) is 13.0. The van der Waals surface area contributed by atoms with Crippen molar-refractivity contribution in [1.29, 1.82) is 0 Å². The zero-order valence-corrected chi connectivity index (χ0v) is 13.0. The van der Waals surface area contributed by atoms with E-state index in [2.05, 4.69) is 16.7 Å². The molecule has 1 saturated carbocycles. The maximum atomic E-state index is 12.2. The molecule has 2 rings (SSSR count). The standard InChI is InChI=1S/C17H26N2O2/c1-13(17(20)19-15-8-4-5-9-15)18-16-10-6-3-7-14(16)11-12-21-2/h3,6-7,10,13,15,18H,4-5,8-9,11-12H2,1-2H3,(H,19,20). The van der Waals surface area contributed by atoms with E-state index in [9.17, 15) is 4.79 Å². The number of carbonyl (C=O) groups is 1. The molecule has 0 heterocycles. The van der Waals surface area contributed by atoms with Gasteiger partial charge in [0.1, 0.15) is 6.04 Å². The van der Waals surface area contributed by atoms with Crippen LogP contribution in [0.15, 0.2) is 24.3 Å². The van der Waals surface area contributed by atoms with Crippen molar-refractivity contribution in [1.82, 2.24) is 5.32 Å². The molecule has 2 N–H and O–H groups in total. The molecule has 0 saturated heterocycles. The summed E-state index contributed by atoms with van der Waals surface area (Å²) in [6.45, 7) is 2.60. The van der Waals surface area contributed by atoms with E-state index in [0.717, 1.165) is 24.9 Å². The highest BCUT2D eigenvalue weighted by molar-refractivity contribution is 5.84. The van der Waals surface area contributed by atoms with Gasteiger partial charge in [0.05, 0.1) is 6.61 Å². The molecule has 116 valence electrons. The number of methoxy groups -OCH3 is 1. The highest BCUT2D eigenvalue weighted by Gasteiger charge is 2.20. The summed E-state index contributed by atoms with van der Waals surface area (Å²) in [5, 5.41) is 6.46. The van der Waals surface area contributed by atoms with Gasteiger partial charge in [-0.2, -0.15) is 0 Å². The van der Waals surface area contributed by atoms with Gasteiger partial charge in [-0.3, -0.25) is 4.79 Å². The number of anilines is 1. The summed E-state index contributed by atoms with van der Waals surface area (Å²) >= 11 is 0. The number of hydrogen-bond donors (Lipinski definition) is 2. The van der Waals surface area contributed by atoms with E-state index < -0.39 is 0 Å². The van der Waals surface area contributed by atoms with Gasteiger partial charge >= 0.3 is 0 Å². The van der Waals surface area contributed by atoms with Crippen molar-refractivity contribution in [2.75, 3.05) is 19.0 Å². The van der Waals surface area contributed by atoms with Crippen LogP contribution in [0.2, 0.25) is 0 Å². The molecule has 1 atom stereocenters. The summed E-state index contributed by atoms with van der Waals surface area (Å²) in [6.07, 6.45) is 5.53. The number of nitrogens with one attached hydrogen (secondary N) is 2. The molecule has 1 aromatic rings. The Morgan fingerprint density at radius 1 is 1.33 bits per heavy atom. The first-order valence-corrected chi connectivity index (χ1v) is 7.84. The maximum absolute atomic E-state index is 12.2. The van der Waals surface area contributed by atoms with Crippen LogP contribution in [0, 0.1) is 0 Å². The molecule has 1 fully saturated rings. The number of rotatable bonds is 7. The predicted molar refractivity (Wildman–Crippen MR) is 85.5 cm³/mol. The Morgan fingerprint density at radius 2 is 2.05 bits per heavy atom. The number of benzene rings is 1. The fourth-order valence-electron chi connectivity index (χ4n) is 2.79. The van der Waals surface area contributed by atoms with Gasteiger partial charge < -0.3 is 15.4 Å². The van der Waals surface area contributed by atoms with Crippen LogP contribution in [0.25, 0.3) is 0 Å². The Morgan fingerprint density at radius 3 is 2.76 bits per heavy atom. The smallest absolute Gasteiger partial charge is 0.242 e. The van der Waals surface area contributed by atoms with Crippen LogP contribution in [0.4, 0.5) is 5.69 Å². The van der Waals surface area contributed by atoms with Crippen molar-refractivity contribution >= 4 is 11.6 Å². The molecule has 0 spiro atoms. The van der Waals surface area contributed by atoms with Crippen molar-refractivity contribution in [3.05, 3.63) is 29.8 Å². The molecular formula is C17H26N2O2. The van der Waals surface area contributed by atoms with Gasteiger partial charge in [0.2, 0.25) is 5.91 Å². The van der Waals surface area contributed by atoms with Crippen LogP contribution >= 0.6 is 0 Å². The normalized spacial score (nSPS) is 16.7. The summed E-state index contributed by atoms with van der Waals surface area (Å²) in [5.74, 6) is 0.0865. The lowest BCUT2D eigenvalue weighted by molar-refractivity contribution is -0.122. The van der Waals surface area contributed by atoms with Crippen LogP contribution in [-0.4, -0.2) is 31.7 Å². The van der Waals surface area contributed by atoms with E-state index in [-0.39, 0.29) is 11.9 Å². The van der Waals surface area contributed by atoms with E-state index in [0.29, 0.717) is 12.6 Å². The number of para-hydroxylation sites is 1. The zero-order chi connectivity index (χ0) is 15.1. The molecule has 21 heavy (non-hydrogen) atoms. The second-order valence-electron chi connectivity index (χ2n) is 5.76. The SMILES string of the molecule is COCCc1ccccc1NC(C)C(=O)NC1CCCC1. The largest absolute Gasteiger partial charge is 0.384 e. The van der Waals surface area contributed by atoms with Crippen molar-refractivity contribution < 1.29 is 9.53 Å². The number of ether oxygens (including phenoxy) is 1. The maximum Gasteiger partial charge on any atom is 0.242 e. The van der Waals surface area contributed by atoms with Gasteiger partial charge in [-0.15, -0.1) is 0 Å². The second kappa shape index (κ2) is 8.03. The van der Waals surface area contributed by atoms with Gasteiger partial charge in [0.25, 0.3) is 0 Å². The van der Waals surface area contributed by atoms with Crippen LogP contribution in [-0.2, 0) is 16.0 Å². The van der Waals surface area contributed by atoms with Gasteiger partial charge in [-0.25, -0.2) is 0 Å². The molecule has 1 unspecified atom stereocenters. The lowest BCUT2D eigenvalue weighted by Crippen LogP contribution is -2.42. The van der Waals surface area contributed by atoms with Crippen LogP contribution in [0.1, 0.15) is 38.2 Å². The van der Waals surface area contributed by atoms with Crippen LogP contribution < -0.4 is 10.6 Å². The Kier molecular flexibility index (Phi) is 6.05. The quantitative estimate of drug-likeness (QED) is 0.812. The first kappa shape index (κ1) is 15.8. The lowest BCUT2D eigenvalue weighted by atomic mass is 10.1. The van der Waals surface area contributed by atoms with Gasteiger partial charge in [0.15, 0.2) is 0 Å².